The maximum Gasteiger partial charge on any atom is 0.237 e. The second kappa shape index (κ2) is 8.29. The van der Waals surface area contributed by atoms with Crippen LogP contribution in [0.5, 0.6) is 5.75 Å². The Labute approximate surface area is 131 Å². The molecule has 118 valence electrons. The van der Waals surface area contributed by atoms with Crippen LogP contribution in [-0.4, -0.2) is 30.4 Å². The van der Waals surface area contributed by atoms with Crippen LogP contribution in [-0.2, 0) is 4.79 Å². The second-order valence-corrected chi connectivity index (χ2v) is 6.89. The Balaban J connectivity index is 2.74. The number of para-hydroxylation sites is 1. The first-order valence-electron chi connectivity index (χ1n) is 7.27. The van der Waals surface area contributed by atoms with Gasteiger partial charge in [-0.25, -0.2) is 0 Å². The van der Waals surface area contributed by atoms with Gasteiger partial charge in [0.05, 0.1) is 12.6 Å². The van der Waals surface area contributed by atoms with Gasteiger partial charge in [-0.3, -0.25) is 4.79 Å². The molecule has 0 aromatic heterocycles. The van der Waals surface area contributed by atoms with Gasteiger partial charge in [0.25, 0.3) is 0 Å². The predicted molar refractivity (Wildman–Crippen MR) is 88.8 cm³/mol. The van der Waals surface area contributed by atoms with Crippen LogP contribution in [0.15, 0.2) is 29.2 Å². The quantitative estimate of drug-likeness (QED) is 0.688. The molecule has 0 aliphatic heterocycles. The van der Waals surface area contributed by atoms with Crippen LogP contribution < -0.4 is 15.8 Å². The zero-order valence-corrected chi connectivity index (χ0v) is 14.1. The van der Waals surface area contributed by atoms with E-state index in [1.807, 2.05) is 31.2 Å². The lowest BCUT2D eigenvalue weighted by Crippen LogP contribution is -2.54. The molecule has 0 aliphatic carbocycles. The van der Waals surface area contributed by atoms with Gasteiger partial charge < -0.3 is 15.8 Å². The molecule has 5 heteroatoms. The Morgan fingerprint density at radius 3 is 2.71 bits per heavy atom. The minimum absolute atomic E-state index is 0.239. The molecule has 3 N–H and O–H groups in total. The lowest BCUT2D eigenvalue weighted by Gasteiger charge is -2.30. The summed E-state index contributed by atoms with van der Waals surface area (Å²) < 4.78 is 5.36. The number of primary amides is 1. The standard InChI is InChI=1S/C16H26N2O2S/c1-5-10-18-16(3,15(17)19)11-12(2)21-14-9-7-6-8-13(14)20-4/h6-9,12,18H,5,10-11H2,1-4H3,(H2,17,19). The molecule has 0 fully saturated rings. The number of amides is 1. The highest BCUT2D eigenvalue weighted by atomic mass is 32.2. The van der Waals surface area contributed by atoms with E-state index in [1.165, 1.54) is 0 Å². The fraction of sp³-hybridized carbons (Fsp3) is 0.562. The van der Waals surface area contributed by atoms with E-state index in [9.17, 15) is 4.79 Å². The van der Waals surface area contributed by atoms with Crippen LogP contribution in [0.25, 0.3) is 0 Å². The van der Waals surface area contributed by atoms with Crippen molar-refractivity contribution in [2.45, 2.75) is 49.3 Å². The molecule has 0 saturated heterocycles. The van der Waals surface area contributed by atoms with Gasteiger partial charge >= 0.3 is 0 Å². The maximum absolute atomic E-state index is 11.8. The van der Waals surface area contributed by atoms with Crippen molar-refractivity contribution in [1.82, 2.24) is 5.32 Å². The highest BCUT2D eigenvalue weighted by molar-refractivity contribution is 8.00. The van der Waals surface area contributed by atoms with Crippen LogP contribution in [0.3, 0.4) is 0 Å². The second-order valence-electron chi connectivity index (χ2n) is 5.41. The van der Waals surface area contributed by atoms with E-state index in [1.54, 1.807) is 18.9 Å². The van der Waals surface area contributed by atoms with E-state index in [0.717, 1.165) is 23.6 Å². The number of benzene rings is 1. The Morgan fingerprint density at radius 1 is 1.48 bits per heavy atom. The third-order valence-corrected chi connectivity index (χ3v) is 4.56. The predicted octanol–water partition coefficient (Wildman–Crippen LogP) is 2.81. The van der Waals surface area contributed by atoms with Gasteiger partial charge in [0, 0.05) is 10.1 Å². The van der Waals surface area contributed by atoms with Crippen LogP contribution in [0.2, 0.25) is 0 Å². The van der Waals surface area contributed by atoms with Crippen LogP contribution in [0.1, 0.15) is 33.6 Å². The van der Waals surface area contributed by atoms with Gasteiger partial charge in [-0.15, -0.1) is 11.8 Å². The summed E-state index contributed by atoms with van der Waals surface area (Å²) in [7, 11) is 1.67. The van der Waals surface area contributed by atoms with E-state index < -0.39 is 5.54 Å². The van der Waals surface area contributed by atoms with E-state index in [0.29, 0.717) is 6.42 Å². The number of carbonyl (C=O) groups is 1. The van der Waals surface area contributed by atoms with Crippen molar-refractivity contribution in [3.05, 3.63) is 24.3 Å². The lowest BCUT2D eigenvalue weighted by atomic mass is 9.95. The minimum Gasteiger partial charge on any atom is -0.496 e. The summed E-state index contributed by atoms with van der Waals surface area (Å²) in [6.07, 6.45) is 1.64. The zero-order chi connectivity index (χ0) is 15.9. The van der Waals surface area contributed by atoms with E-state index >= 15 is 0 Å². The number of thioether (sulfide) groups is 1. The number of hydrogen-bond acceptors (Lipinski definition) is 4. The van der Waals surface area contributed by atoms with E-state index in [2.05, 4.69) is 19.2 Å². The molecule has 0 bridgehead atoms. The summed E-state index contributed by atoms with van der Waals surface area (Å²) in [6, 6.07) is 7.91. The monoisotopic (exact) mass is 310 g/mol. The molecule has 0 spiro atoms. The Morgan fingerprint density at radius 2 is 2.14 bits per heavy atom. The first-order chi connectivity index (χ1) is 9.92. The molecule has 2 unspecified atom stereocenters. The van der Waals surface area contributed by atoms with Crippen LogP contribution in [0.4, 0.5) is 0 Å². The molecule has 21 heavy (non-hydrogen) atoms. The number of carbonyl (C=O) groups excluding carboxylic acids is 1. The average Bonchev–Trinajstić information content (AvgIpc) is 2.45. The van der Waals surface area contributed by atoms with Crippen molar-refractivity contribution in [2.24, 2.45) is 5.73 Å². The number of hydrogen-bond donors (Lipinski definition) is 2. The highest BCUT2D eigenvalue weighted by Crippen LogP contribution is 2.34. The molecule has 0 saturated carbocycles. The normalized spacial score (nSPS) is 15.2. The summed E-state index contributed by atoms with van der Waals surface area (Å²) in [5, 5.41) is 3.51. The largest absolute Gasteiger partial charge is 0.496 e. The molecule has 4 nitrogen and oxygen atoms in total. The molecular weight excluding hydrogens is 284 g/mol. The Hall–Kier alpha value is -1.20. The number of methoxy groups -OCH3 is 1. The summed E-state index contributed by atoms with van der Waals surface area (Å²) >= 11 is 1.70. The first-order valence-corrected chi connectivity index (χ1v) is 8.15. The summed E-state index contributed by atoms with van der Waals surface area (Å²) in [6.45, 7) is 6.84. The summed E-state index contributed by atoms with van der Waals surface area (Å²) in [4.78, 5) is 12.8. The van der Waals surface area contributed by atoms with Gasteiger partial charge in [0.15, 0.2) is 0 Å². The molecule has 1 rings (SSSR count). The molecule has 0 radical (unpaired) electrons. The van der Waals surface area contributed by atoms with Crippen LogP contribution in [0, 0.1) is 0 Å². The van der Waals surface area contributed by atoms with Crippen molar-refractivity contribution in [3.8, 4) is 5.75 Å². The van der Waals surface area contributed by atoms with Crippen molar-refractivity contribution >= 4 is 17.7 Å². The van der Waals surface area contributed by atoms with E-state index in [-0.39, 0.29) is 11.2 Å². The van der Waals surface area contributed by atoms with Gasteiger partial charge in [0.2, 0.25) is 5.91 Å². The molecule has 2 atom stereocenters. The van der Waals surface area contributed by atoms with Gasteiger partial charge in [-0.05, 0) is 38.4 Å². The van der Waals surface area contributed by atoms with E-state index in [4.69, 9.17) is 10.5 Å². The van der Waals surface area contributed by atoms with Gasteiger partial charge in [-0.1, -0.05) is 26.0 Å². The molecular formula is C16H26N2O2S. The van der Waals surface area contributed by atoms with Crippen molar-refractivity contribution in [2.75, 3.05) is 13.7 Å². The zero-order valence-electron chi connectivity index (χ0n) is 13.3. The molecule has 1 aromatic carbocycles. The molecule has 0 aliphatic rings. The smallest absolute Gasteiger partial charge is 0.237 e. The summed E-state index contributed by atoms with van der Waals surface area (Å²) in [5.41, 5.74) is 4.90. The summed E-state index contributed by atoms with van der Waals surface area (Å²) in [5.74, 6) is 0.556. The third kappa shape index (κ3) is 5.25. The first kappa shape index (κ1) is 17.9. The Kier molecular flexibility index (Phi) is 7.05. The van der Waals surface area contributed by atoms with Crippen molar-refractivity contribution < 1.29 is 9.53 Å². The number of nitrogens with two attached hydrogens (primary N) is 1. The topological polar surface area (TPSA) is 64.3 Å². The average molecular weight is 310 g/mol. The lowest BCUT2D eigenvalue weighted by molar-refractivity contribution is -0.124. The van der Waals surface area contributed by atoms with Crippen molar-refractivity contribution in [1.29, 1.82) is 0 Å². The minimum atomic E-state index is -0.676. The van der Waals surface area contributed by atoms with Crippen LogP contribution >= 0.6 is 11.8 Å². The molecule has 1 amide bonds. The number of rotatable bonds is 9. The molecule has 1 aromatic rings. The van der Waals surface area contributed by atoms with Crippen molar-refractivity contribution in [3.63, 3.8) is 0 Å². The number of ether oxygens (including phenoxy) is 1. The fourth-order valence-corrected chi connectivity index (χ4v) is 3.49. The highest BCUT2D eigenvalue weighted by Gasteiger charge is 2.32. The van der Waals surface area contributed by atoms with Gasteiger partial charge in [-0.2, -0.15) is 0 Å². The molecule has 0 heterocycles. The van der Waals surface area contributed by atoms with Gasteiger partial charge in [0.1, 0.15) is 5.75 Å². The number of nitrogens with one attached hydrogen (secondary N) is 1. The fourth-order valence-electron chi connectivity index (χ4n) is 2.21. The SMILES string of the molecule is CCCNC(C)(CC(C)Sc1ccccc1OC)C(N)=O. The maximum atomic E-state index is 11.8. The Bertz CT molecular complexity index is 467. The third-order valence-electron chi connectivity index (χ3n) is 3.40.